The van der Waals surface area contributed by atoms with Crippen molar-refractivity contribution in [3.8, 4) is 0 Å². The summed E-state index contributed by atoms with van der Waals surface area (Å²) < 4.78 is 19.4. The van der Waals surface area contributed by atoms with Crippen molar-refractivity contribution < 1.29 is 14.2 Å². The number of nitrogens with zero attached hydrogens (tertiary/aromatic N) is 2. The van der Waals surface area contributed by atoms with E-state index in [-0.39, 0.29) is 0 Å². The van der Waals surface area contributed by atoms with Crippen molar-refractivity contribution in [1.82, 2.24) is 4.98 Å². The third kappa shape index (κ3) is 4.91. The Kier molecular flexibility index (Phi) is 6.77. The molecule has 0 fully saturated rings. The minimum Gasteiger partial charge on any atom is -0.378 e. The molecule has 1 aromatic heterocycles. The summed E-state index contributed by atoms with van der Waals surface area (Å²) in [6, 6.07) is 12.5. The van der Waals surface area contributed by atoms with E-state index in [0.29, 0.717) is 23.5 Å². The van der Waals surface area contributed by atoms with E-state index in [1.54, 1.807) is 36.5 Å². The highest BCUT2D eigenvalue weighted by Gasteiger charge is 2.37. The number of benzene rings is 1. The molecule has 0 bridgehead atoms. The molecule has 0 aliphatic carbocycles. The molecule has 5 nitrogen and oxygen atoms in total. The summed E-state index contributed by atoms with van der Waals surface area (Å²) >= 11 is 0. The molecule has 0 aliphatic heterocycles. The van der Waals surface area contributed by atoms with Gasteiger partial charge in [0, 0.05) is 31.3 Å². The van der Waals surface area contributed by atoms with Gasteiger partial charge in [-0.25, -0.2) is 0 Å². The molecule has 0 unspecified atom stereocenters. The zero-order chi connectivity index (χ0) is 18.4. The predicted octanol–water partition coefficient (Wildman–Crippen LogP) is 3.80. The standard InChI is InChI=1S/C19H27N2O3P/c1-15(2)12-14-24-25(23,19(22)18-7-5-6-13-20-18)17-10-8-16(9-11-17)21(3)4/h5-11,13,15,19,22H,12,14H2,1-4H3/t19-,25-/m1/s1. The maximum absolute atomic E-state index is 13.7. The number of aromatic nitrogens is 1. The van der Waals surface area contributed by atoms with Crippen molar-refractivity contribution in [1.29, 1.82) is 0 Å². The Morgan fingerprint density at radius 1 is 1.16 bits per heavy atom. The Bertz CT molecular complexity index is 702. The molecule has 1 aromatic carbocycles. The molecule has 0 radical (unpaired) electrons. The number of aliphatic hydroxyl groups is 1. The van der Waals surface area contributed by atoms with E-state index in [1.807, 2.05) is 31.1 Å². The van der Waals surface area contributed by atoms with Gasteiger partial charge >= 0.3 is 0 Å². The van der Waals surface area contributed by atoms with Crippen molar-refractivity contribution in [3.63, 3.8) is 0 Å². The van der Waals surface area contributed by atoms with Crippen molar-refractivity contribution in [2.75, 3.05) is 25.6 Å². The lowest BCUT2D eigenvalue weighted by Gasteiger charge is -2.25. The van der Waals surface area contributed by atoms with E-state index in [9.17, 15) is 9.67 Å². The van der Waals surface area contributed by atoms with E-state index in [1.165, 1.54) is 0 Å². The molecule has 2 aromatic rings. The average Bonchev–Trinajstić information content (AvgIpc) is 2.61. The molecule has 2 rings (SSSR count). The molecule has 0 aliphatic rings. The Balaban J connectivity index is 2.35. The summed E-state index contributed by atoms with van der Waals surface area (Å²) in [6.45, 7) is 4.49. The third-order valence-electron chi connectivity index (χ3n) is 3.98. The van der Waals surface area contributed by atoms with E-state index in [0.717, 1.165) is 12.1 Å². The van der Waals surface area contributed by atoms with Gasteiger partial charge in [-0.3, -0.25) is 9.55 Å². The lowest BCUT2D eigenvalue weighted by Crippen LogP contribution is -2.17. The molecular formula is C19H27N2O3P. The maximum Gasteiger partial charge on any atom is 0.265 e. The summed E-state index contributed by atoms with van der Waals surface area (Å²) in [4.78, 5) is 6.11. The average molecular weight is 362 g/mol. The van der Waals surface area contributed by atoms with Crippen molar-refractivity contribution >= 4 is 18.4 Å². The Hall–Kier alpha value is -1.68. The van der Waals surface area contributed by atoms with Crippen LogP contribution in [-0.2, 0) is 9.09 Å². The van der Waals surface area contributed by atoms with Crippen LogP contribution in [0.25, 0.3) is 0 Å². The monoisotopic (exact) mass is 362 g/mol. The van der Waals surface area contributed by atoms with Gasteiger partial charge in [0.1, 0.15) is 0 Å². The minimum absolute atomic E-state index is 0.328. The first-order valence-corrected chi connectivity index (χ1v) is 10.1. The Morgan fingerprint density at radius 2 is 1.84 bits per heavy atom. The third-order valence-corrected chi connectivity index (χ3v) is 6.47. The fourth-order valence-electron chi connectivity index (χ4n) is 2.37. The zero-order valence-electron chi connectivity index (χ0n) is 15.3. The zero-order valence-corrected chi connectivity index (χ0v) is 16.2. The van der Waals surface area contributed by atoms with Gasteiger partial charge in [0.25, 0.3) is 7.37 Å². The van der Waals surface area contributed by atoms with E-state index in [4.69, 9.17) is 4.52 Å². The maximum atomic E-state index is 13.7. The molecule has 0 saturated heterocycles. The summed E-state index contributed by atoms with van der Waals surface area (Å²) in [6.07, 6.45) is 2.35. The van der Waals surface area contributed by atoms with Crippen LogP contribution in [0, 0.1) is 5.92 Å². The minimum atomic E-state index is -3.52. The summed E-state index contributed by atoms with van der Waals surface area (Å²) in [5.41, 5.74) is 1.34. The Labute approximate surface area is 150 Å². The van der Waals surface area contributed by atoms with Crippen LogP contribution in [0.15, 0.2) is 48.7 Å². The number of hydrogen-bond acceptors (Lipinski definition) is 5. The highest BCUT2D eigenvalue weighted by atomic mass is 31.2. The molecule has 136 valence electrons. The van der Waals surface area contributed by atoms with Gasteiger partial charge in [-0.15, -0.1) is 0 Å². The Morgan fingerprint density at radius 3 is 2.36 bits per heavy atom. The second kappa shape index (κ2) is 8.61. The fraction of sp³-hybridized carbons (Fsp3) is 0.421. The number of anilines is 1. The molecule has 1 N–H and O–H groups in total. The largest absolute Gasteiger partial charge is 0.378 e. The normalized spacial score (nSPS) is 15.0. The van der Waals surface area contributed by atoms with Gasteiger partial charge in [-0.05, 0) is 48.7 Å². The van der Waals surface area contributed by atoms with Gasteiger partial charge in [-0.2, -0.15) is 0 Å². The van der Waals surface area contributed by atoms with Gasteiger partial charge in [0.15, 0.2) is 5.85 Å². The van der Waals surface area contributed by atoms with Gasteiger partial charge < -0.3 is 14.5 Å². The topological polar surface area (TPSA) is 62.7 Å². The SMILES string of the molecule is CC(C)CCO[P@](=O)(c1ccc(N(C)C)cc1)[C@@H](O)c1ccccn1. The fourth-order valence-corrected chi connectivity index (χ4v) is 4.39. The van der Waals surface area contributed by atoms with Crippen LogP contribution in [0.5, 0.6) is 0 Å². The first kappa shape index (κ1) is 19.6. The van der Waals surface area contributed by atoms with E-state index in [2.05, 4.69) is 18.8 Å². The molecule has 0 spiro atoms. The van der Waals surface area contributed by atoms with Crippen LogP contribution in [0.2, 0.25) is 0 Å². The number of hydrogen-bond donors (Lipinski definition) is 1. The second-order valence-electron chi connectivity index (χ2n) is 6.65. The summed E-state index contributed by atoms with van der Waals surface area (Å²) in [5, 5.41) is 11.3. The smallest absolute Gasteiger partial charge is 0.265 e. The van der Waals surface area contributed by atoms with Crippen LogP contribution in [-0.4, -0.2) is 30.8 Å². The van der Waals surface area contributed by atoms with Crippen LogP contribution in [0.3, 0.4) is 0 Å². The highest BCUT2D eigenvalue weighted by Crippen LogP contribution is 2.57. The first-order chi connectivity index (χ1) is 11.8. The highest BCUT2D eigenvalue weighted by molar-refractivity contribution is 7.67. The lowest BCUT2D eigenvalue weighted by molar-refractivity contribution is 0.206. The first-order valence-electron chi connectivity index (χ1n) is 8.46. The van der Waals surface area contributed by atoms with Crippen molar-refractivity contribution in [3.05, 3.63) is 54.4 Å². The molecule has 2 atom stereocenters. The molecular weight excluding hydrogens is 335 g/mol. The number of aliphatic hydroxyl groups excluding tert-OH is 1. The van der Waals surface area contributed by atoms with Gasteiger partial charge in [0.2, 0.25) is 0 Å². The summed E-state index contributed by atoms with van der Waals surface area (Å²) in [7, 11) is 0.365. The van der Waals surface area contributed by atoms with E-state index >= 15 is 0 Å². The predicted molar refractivity (Wildman–Crippen MR) is 103 cm³/mol. The van der Waals surface area contributed by atoms with Crippen LogP contribution < -0.4 is 10.2 Å². The number of rotatable bonds is 8. The quantitative estimate of drug-likeness (QED) is 0.724. The van der Waals surface area contributed by atoms with E-state index < -0.39 is 13.2 Å². The molecule has 0 saturated carbocycles. The summed E-state index contributed by atoms with van der Waals surface area (Å²) in [5.74, 6) is -0.859. The second-order valence-corrected chi connectivity index (χ2v) is 9.11. The van der Waals surface area contributed by atoms with Gasteiger partial charge in [-0.1, -0.05) is 19.9 Å². The number of pyridine rings is 1. The van der Waals surface area contributed by atoms with Crippen molar-refractivity contribution in [2.24, 2.45) is 5.92 Å². The lowest BCUT2D eigenvalue weighted by atomic mass is 10.2. The molecule has 25 heavy (non-hydrogen) atoms. The van der Waals surface area contributed by atoms with Crippen molar-refractivity contribution in [2.45, 2.75) is 26.1 Å². The van der Waals surface area contributed by atoms with Crippen LogP contribution in [0.1, 0.15) is 31.8 Å². The van der Waals surface area contributed by atoms with Gasteiger partial charge in [0.05, 0.1) is 12.3 Å². The van der Waals surface area contributed by atoms with Crippen LogP contribution in [0.4, 0.5) is 5.69 Å². The molecule has 6 heteroatoms. The molecule has 0 amide bonds. The molecule has 1 heterocycles. The van der Waals surface area contributed by atoms with Crippen LogP contribution >= 0.6 is 7.37 Å².